The molecule has 0 unspecified atom stereocenters. The Morgan fingerprint density at radius 2 is 1.74 bits per heavy atom. The van der Waals surface area contributed by atoms with Crippen molar-refractivity contribution >= 4 is 19.9 Å². The van der Waals surface area contributed by atoms with Gasteiger partial charge >= 0.3 is 0 Å². The lowest BCUT2D eigenvalue weighted by molar-refractivity contribution is 0.439. The molecule has 0 amide bonds. The Kier molecular flexibility index (Phi) is 4.98. The number of nitrogens with one attached hydrogen (secondary N) is 1. The minimum absolute atomic E-state index is 0.101. The van der Waals surface area contributed by atoms with Crippen molar-refractivity contribution in [3.05, 3.63) is 0 Å². The van der Waals surface area contributed by atoms with Gasteiger partial charge in [0, 0.05) is 0 Å². The van der Waals surface area contributed by atoms with E-state index in [1.165, 1.54) is 0 Å². The fourth-order valence-corrected chi connectivity index (χ4v) is 5.80. The summed E-state index contributed by atoms with van der Waals surface area (Å²) in [5, 5.41) is 8.43. The molecule has 0 aliphatic carbocycles. The zero-order valence-electron chi connectivity index (χ0n) is 11.2. The number of hydrogen-bond donors (Lipinski definition) is 1. The zero-order chi connectivity index (χ0) is 14.7. The van der Waals surface area contributed by atoms with Crippen LogP contribution in [0.4, 0.5) is 0 Å². The van der Waals surface area contributed by atoms with Crippen molar-refractivity contribution in [1.29, 1.82) is 5.26 Å². The molecule has 1 aliphatic heterocycles. The minimum Gasteiger partial charge on any atom is -0.229 e. The van der Waals surface area contributed by atoms with Crippen LogP contribution >= 0.6 is 0 Å². The summed E-state index contributed by atoms with van der Waals surface area (Å²) in [5.74, 6) is -0.202. The Morgan fingerprint density at radius 1 is 1.26 bits per heavy atom. The first-order valence-electron chi connectivity index (χ1n) is 6.35. The van der Waals surface area contributed by atoms with Crippen LogP contribution in [0.5, 0.6) is 0 Å². The molecule has 0 radical (unpaired) electrons. The summed E-state index contributed by atoms with van der Waals surface area (Å²) in [6, 6.07) is 2.02. The molecule has 6 nitrogen and oxygen atoms in total. The molecule has 0 aromatic carbocycles. The van der Waals surface area contributed by atoms with Crippen LogP contribution in [0.1, 0.15) is 39.5 Å². The Labute approximate surface area is 115 Å². The molecule has 1 aliphatic rings. The molecule has 1 heterocycles. The topological polar surface area (TPSA) is 104 Å². The van der Waals surface area contributed by atoms with Crippen LogP contribution in [0.3, 0.4) is 0 Å². The number of rotatable bonds is 5. The van der Waals surface area contributed by atoms with Crippen LogP contribution in [0.2, 0.25) is 0 Å². The summed E-state index contributed by atoms with van der Waals surface area (Å²) in [6.07, 6.45) is 0.966. The average Bonchev–Trinajstić information content (AvgIpc) is 2.35. The highest BCUT2D eigenvalue weighted by atomic mass is 32.2. The van der Waals surface area contributed by atoms with Gasteiger partial charge in [-0.05, 0) is 25.7 Å². The first-order valence-corrected chi connectivity index (χ1v) is 9.71. The van der Waals surface area contributed by atoms with E-state index >= 15 is 0 Å². The number of sulfonamides is 1. The molecule has 19 heavy (non-hydrogen) atoms. The van der Waals surface area contributed by atoms with Gasteiger partial charge in [-0.15, -0.1) is 0 Å². The third-order valence-electron chi connectivity index (χ3n) is 3.70. The highest BCUT2D eigenvalue weighted by Gasteiger charge is 2.38. The van der Waals surface area contributed by atoms with Crippen molar-refractivity contribution < 1.29 is 16.8 Å². The van der Waals surface area contributed by atoms with Gasteiger partial charge in [0.2, 0.25) is 10.0 Å². The van der Waals surface area contributed by atoms with E-state index < -0.39 is 30.6 Å². The van der Waals surface area contributed by atoms with Crippen molar-refractivity contribution in [3.63, 3.8) is 0 Å². The fourth-order valence-electron chi connectivity index (χ4n) is 2.11. The van der Waals surface area contributed by atoms with Crippen molar-refractivity contribution in [2.45, 2.75) is 50.3 Å². The summed E-state index contributed by atoms with van der Waals surface area (Å²) in [5.41, 5.74) is -1.09. The van der Waals surface area contributed by atoms with E-state index in [4.69, 9.17) is 5.26 Å². The zero-order valence-corrected chi connectivity index (χ0v) is 12.8. The lowest BCUT2D eigenvalue weighted by Gasteiger charge is -2.29. The van der Waals surface area contributed by atoms with Crippen LogP contribution < -0.4 is 4.72 Å². The van der Waals surface area contributed by atoms with Crippen LogP contribution in [0.25, 0.3) is 0 Å². The highest BCUT2D eigenvalue weighted by Crippen LogP contribution is 2.22. The largest absolute Gasteiger partial charge is 0.229 e. The third kappa shape index (κ3) is 3.91. The molecule has 1 saturated heterocycles. The minimum atomic E-state index is -3.66. The molecule has 0 bridgehead atoms. The van der Waals surface area contributed by atoms with Crippen molar-refractivity contribution in [2.75, 3.05) is 11.5 Å². The Hall–Kier alpha value is -0.650. The van der Waals surface area contributed by atoms with Gasteiger partial charge in [-0.3, -0.25) is 0 Å². The van der Waals surface area contributed by atoms with E-state index in [0.29, 0.717) is 12.8 Å². The molecule has 8 heteroatoms. The van der Waals surface area contributed by atoms with Gasteiger partial charge in [-0.2, -0.15) is 9.98 Å². The molecule has 0 atom stereocenters. The van der Waals surface area contributed by atoms with E-state index in [1.807, 2.05) is 6.07 Å². The molecular formula is C11H20N2O4S2. The van der Waals surface area contributed by atoms with Crippen molar-refractivity contribution in [1.82, 2.24) is 4.72 Å². The molecule has 110 valence electrons. The Balaban J connectivity index is 2.86. The quantitative estimate of drug-likeness (QED) is 0.799. The standard InChI is InChI=1S/C11H20N2O4S2/c1-3-11(4-2,9-12)13-19(16,17)10-5-7-18(14,15)8-6-10/h10,13H,3-8H2,1-2H3. The summed E-state index contributed by atoms with van der Waals surface area (Å²) >= 11 is 0. The summed E-state index contributed by atoms with van der Waals surface area (Å²) in [7, 11) is -6.76. The highest BCUT2D eigenvalue weighted by molar-refractivity contribution is 7.92. The van der Waals surface area contributed by atoms with Gasteiger partial charge in [0.15, 0.2) is 0 Å². The van der Waals surface area contributed by atoms with E-state index in [1.54, 1.807) is 13.8 Å². The second-order valence-corrected chi connectivity index (χ2v) is 9.16. The first-order chi connectivity index (χ1) is 8.70. The maximum Gasteiger partial charge on any atom is 0.215 e. The van der Waals surface area contributed by atoms with Crippen LogP contribution in [0.15, 0.2) is 0 Å². The predicted octanol–water partition coefficient (Wildman–Crippen LogP) is 0.565. The maximum atomic E-state index is 12.2. The molecule has 0 aromatic rings. The van der Waals surface area contributed by atoms with Crippen LogP contribution in [-0.2, 0) is 19.9 Å². The molecule has 0 aromatic heterocycles. The predicted molar refractivity (Wildman–Crippen MR) is 72.7 cm³/mol. The molecule has 1 rings (SSSR count). The Bertz CT molecular complexity index is 542. The van der Waals surface area contributed by atoms with E-state index in [2.05, 4.69) is 4.72 Å². The van der Waals surface area contributed by atoms with Gasteiger partial charge in [0.1, 0.15) is 15.4 Å². The second-order valence-electron chi connectivity index (χ2n) is 4.90. The lowest BCUT2D eigenvalue weighted by atomic mass is 9.97. The first kappa shape index (κ1) is 16.4. The second kappa shape index (κ2) is 5.77. The fraction of sp³-hybridized carbons (Fsp3) is 0.909. The van der Waals surface area contributed by atoms with E-state index in [0.717, 1.165) is 0 Å². The van der Waals surface area contributed by atoms with Gasteiger partial charge in [0.05, 0.1) is 22.8 Å². The van der Waals surface area contributed by atoms with Crippen molar-refractivity contribution in [3.8, 4) is 6.07 Å². The normalized spacial score (nSPS) is 20.9. The number of sulfone groups is 1. The van der Waals surface area contributed by atoms with Gasteiger partial charge in [-0.25, -0.2) is 16.8 Å². The summed E-state index contributed by atoms with van der Waals surface area (Å²) in [6.45, 7) is 3.50. The van der Waals surface area contributed by atoms with E-state index in [9.17, 15) is 16.8 Å². The maximum absolute atomic E-state index is 12.2. The smallest absolute Gasteiger partial charge is 0.215 e. The van der Waals surface area contributed by atoms with Gasteiger partial charge in [-0.1, -0.05) is 13.8 Å². The molecular weight excluding hydrogens is 288 g/mol. The van der Waals surface area contributed by atoms with Crippen molar-refractivity contribution in [2.24, 2.45) is 0 Å². The number of nitriles is 1. The lowest BCUT2D eigenvalue weighted by Crippen LogP contribution is -2.51. The average molecular weight is 308 g/mol. The Morgan fingerprint density at radius 3 is 2.11 bits per heavy atom. The summed E-state index contributed by atoms with van der Waals surface area (Å²) in [4.78, 5) is 0. The monoisotopic (exact) mass is 308 g/mol. The number of nitrogens with zero attached hydrogens (tertiary/aromatic N) is 1. The van der Waals surface area contributed by atoms with Gasteiger partial charge in [0.25, 0.3) is 0 Å². The van der Waals surface area contributed by atoms with Crippen LogP contribution in [0, 0.1) is 11.3 Å². The molecule has 0 spiro atoms. The number of hydrogen-bond acceptors (Lipinski definition) is 5. The molecule has 1 fully saturated rings. The van der Waals surface area contributed by atoms with Gasteiger partial charge < -0.3 is 0 Å². The summed E-state index contributed by atoms with van der Waals surface area (Å²) < 4.78 is 49.6. The van der Waals surface area contributed by atoms with Crippen LogP contribution in [-0.4, -0.2) is 39.1 Å². The third-order valence-corrected chi connectivity index (χ3v) is 7.44. The van der Waals surface area contributed by atoms with E-state index in [-0.39, 0.29) is 24.3 Å². The molecule has 0 saturated carbocycles. The molecule has 1 N–H and O–H groups in total. The SMILES string of the molecule is CCC(C#N)(CC)NS(=O)(=O)C1CCS(=O)(=O)CC1.